The maximum atomic E-state index is 14.6. The first kappa shape index (κ1) is 61.1. The number of aliphatic hydroxyl groups excluding tert-OH is 3. The third-order valence-corrected chi connectivity index (χ3v) is 15.5. The van der Waals surface area contributed by atoms with Crippen LogP contribution < -0.4 is 5.32 Å². The van der Waals surface area contributed by atoms with Crippen molar-refractivity contribution in [1.82, 2.24) is 19.9 Å². The first-order valence-electron chi connectivity index (χ1n) is 26.1. The third-order valence-electron chi connectivity index (χ3n) is 15.5. The molecule has 3 aliphatic rings. The summed E-state index contributed by atoms with van der Waals surface area (Å²) in [6, 6.07) is 5.77. The third kappa shape index (κ3) is 15.0. The number of ether oxygens (including phenoxy) is 7. The highest BCUT2D eigenvalue weighted by Gasteiger charge is 2.54. The number of hydrogen-bond donors (Lipinski definition) is 5. The Balaban J connectivity index is 1.49. The summed E-state index contributed by atoms with van der Waals surface area (Å²) in [5, 5.41) is 63.8. The second-order valence-corrected chi connectivity index (χ2v) is 21.4. The zero-order valence-corrected chi connectivity index (χ0v) is 45.7. The minimum atomic E-state index is -1.99. The van der Waals surface area contributed by atoms with Gasteiger partial charge < -0.3 is 68.6 Å². The number of nitrogens with zero attached hydrogens (tertiary/aromatic N) is 5. The molecule has 0 bridgehead atoms. The molecule has 0 unspecified atom stereocenters. The Hall–Kier alpha value is -3.74. The Labute approximate surface area is 436 Å². The molecule has 420 valence electrons. The maximum absolute atomic E-state index is 14.6. The number of esters is 1. The van der Waals surface area contributed by atoms with Crippen LogP contribution in [0.3, 0.4) is 0 Å². The number of carbonyl (C=O) groups excluding carboxylic acids is 1. The van der Waals surface area contributed by atoms with Crippen molar-refractivity contribution in [2.45, 2.75) is 192 Å². The molecule has 0 aliphatic carbocycles. The maximum Gasteiger partial charge on any atom is 0.311 e. The van der Waals surface area contributed by atoms with Crippen molar-refractivity contribution in [1.29, 1.82) is 0 Å². The van der Waals surface area contributed by atoms with Gasteiger partial charge in [0.1, 0.15) is 36.3 Å². The van der Waals surface area contributed by atoms with E-state index in [4.69, 9.17) is 38.0 Å². The molecule has 5 rings (SSSR count). The molecule has 1 aromatic carbocycles. The van der Waals surface area contributed by atoms with Crippen molar-refractivity contribution < 1.29 is 72.0 Å². The Bertz CT molecular complexity index is 2120. The molecule has 0 radical (unpaired) electrons. The molecule has 3 aliphatic heterocycles. The van der Waals surface area contributed by atoms with E-state index in [2.05, 4.69) is 20.8 Å². The van der Waals surface area contributed by atoms with Crippen LogP contribution >= 0.6 is 0 Å². The Morgan fingerprint density at radius 1 is 1.00 bits per heavy atom. The number of oxime groups is 1. The number of nitrogens with one attached hydrogen (secondary N) is 1. The van der Waals surface area contributed by atoms with Gasteiger partial charge in [-0.1, -0.05) is 44.1 Å². The van der Waals surface area contributed by atoms with Gasteiger partial charge in [-0.2, -0.15) is 0 Å². The molecule has 5 N–H and O–H groups in total. The molecule has 0 spiro atoms. The Morgan fingerprint density at radius 2 is 1.72 bits per heavy atom. The van der Waals surface area contributed by atoms with Crippen LogP contribution in [0.25, 0.3) is 6.20 Å². The fourth-order valence-electron chi connectivity index (χ4n) is 10.8. The summed E-state index contributed by atoms with van der Waals surface area (Å²) in [4.78, 5) is 22.3. The van der Waals surface area contributed by atoms with Gasteiger partial charge in [0.2, 0.25) is 0 Å². The average molecular weight is 1050 g/mol. The highest BCUT2D eigenvalue weighted by molar-refractivity contribution is 5.88. The van der Waals surface area contributed by atoms with Crippen LogP contribution in [0, 0.1) is 29.5 Å². The number of likely N-dealkylation sites (N-methyl/N-ethyl adjacent to an activating group) is 1. The van der Waals surface area contributed by atoms with E-state index >= 15 is 0 Å². The number of alkyl halides is 1. The van der Waals surface area contributed by atoms with Gasteiger partial charge in [0.15, 0.2) is 12.6 Å². The molecule has 1 aromatic heterocycles. The lowest BCUT2D eigenvalue weighted by Crippen LogP contribution is -2.61. The van der Waals surface area contributed by atoms with Crippen LogP contribution in [-0.4, -0.2) is 184 Å². The van der Waals surface area contributed by atoms with E-state index in [1.807, 2.05) is 51.9 Å². The van der Waals surface area contributed by atoms with Gasteiger partial charge in [-0.05, 0) is 92.1 Å². The van der Waals surface area contributed by atoms with Crippen LogP contribution in [0.2, 0.25) is 0 Å². The van der Waals surface area contributed by atoms with Crippen molar-refractivity contribution in [2.75, 3.05) is 53.0 Å². The van der Waals surface area contributed by atoms with E-state index in [9.17, 15) is 34.0 Å². The number of aromatic nitrogens is 3. The quantitative estimate of drug-likeness (QED) is 0.0662. The number of cyclic esters (lactones) is 1. The zero-order valence-electron chi connectivity index (χ0n) is 45.7. The molecular weight excluding hydrogens is 967 g/mol. The van der Waals surface area contributed by atoms with Crippen LogP contribution in [0.5, 0.6) is 0 Å². The van der Waals surface area contributed by atoms with Crippen molar-refractivity contribution >= 4 is 23.6 Å². The van der Waals surface area contributed by atoms with Gasteiger partial charge in [0.25, 0.3) is 0 Å². The molecule has 4 heterocycles. The number of hydrogen-bond acceptors (Lipinski definition) is 18. The highest BCUT2D eigenvalue weighted by atomic mass is 19.1. The monoisotopic (exact) mass is 1050 g/mol. The van der Waals surface area contributed by atoms with Crippen LogP contribution in [-0.2, 0) is 49.2 Å². The standard InChI is InChI=1S/C53H86F2N6O13/c1-14-41-53(10,66)46(63)33(4)43(58-69-25-16-21-54)31(2)28-52(9,68-13)48(34(5)45(35(6)49(65)72-41)73-42-29-51(8,67-12)47(64)36(7)71-42)74-50-44(62)40(26-32(3)70-50)60(11)24-20-39-30-61(59-57-39)23-17-22-56-38-19-15-18-37(55)27-38/h15,17-19,23,27,30-36,40-42,44-48,50,56,62-64,66H,14,16,20-22,24-26,28-29H2,1-13H3/t31-,32-,33+,34+,35-,36+,40+,41-,42+,44-,45+,46-,47+,48-,50+,51-,52-,53-/m1/s1. The second kappa shape index (κ2) is 27.0. The first-order chi connectivity index (χ1) is 34.9. The van der Waals surface area contributed by atoms with Gasteiger partial charge in [-0.3, -0.25) is 9.18 Å². The fourth-order valence-corrected chi connectivity index (χ4v) is 10.8. The summed E-state index contributed by atoms with van der Waals surface area (Å²) in [5.41, 5.74) is -2.66. The number of rotatable bonds is 19. The molecule has 3 fully saturated rings. The van der Waals surface area contributed by atoms with Gasteiger partial charge in [-0.15, -0.1) is 5.10 Å². The summed E-state index contributed by atoms with van der Waals surface area (Å²) in [7, 11) is 4.94. The SMILES string of the molecule is CC[C@H]1OC(=O)[C@H](C)[C@@H](O[C@H]2C[C@@](C)(OC)[C@@H](O)[C@H](C)O2)[C@H](C)[C@@H](O[C@@H]2O[C@H](C)C[C@H](N(C)CCc3cn(C=CCNc4cccc(F)c4)nn3)[C@H]2O)[C@](C)(OC)C[C@@H](C)C(=NOCCCF)[C@H](C)[C@@H](O)[C@]1(C)O. The molecular formula is C53H86F2N6O13. The summed E-state index contributed by atoms with van der Waals surface area (Å²) >= 11 is 0. The van der Waals surface area contributed by atoms with Gasteiger partial charge >= 0.3 is 5.97 Å². The zero-order chi connectivity index (χ0) is 54.7. The molecule has 18 atom stereocenters. The largest absolute Gasteiger partial charge is 0.459 e. The topological polar surface area (TPSA) is 230 Å². The predicted octanol–water partition coefficient (Wildman–Crippen LogP) is 5.53. The molecule has 19 nitrogen and oxygen atoms in total. The lowest BCUT2D eigenvalue weighted by molar-refractivity contribution is -0.319. The molecule has 21 heteroatoms. The Morgan fingerprint density at radius 3 is 2.38 bits per heavy atom. The molecule has 0 amide bonds. The smallest absolute Gasteiger partial charge is 0.311 e. The van der Waals surface area contributed by atoms with Crippen molar-refractivity contribution in [3.63, 3.8) is 0 Å². The van der Waals surface area contributed by atoms with Gasteiger partial charge in [0, 0.05) is 82.3 Å². The molecule has 3 saturated heterocycles. The fraction of sp³-hybridized carbons (Fsp3) is 0.774. The Kier molecular flexibility index (Phi) is 22.3. The van der Waals surface area contributed by atoms with E-state index in [1.165, 1.54) is 33.3 Å². The van der Waals surface area contributed by atoms with E-state index in [-0.39, 0.29) is 44.2 Å². The lowest BCUT2D eigenvalue weighted by Gasteiger charge is -2.50. The van der Waals surface area contributed by atoms with Crippen molar-refractivity contribution in [3.05, 3.63) is 48.0 Å². The van der Waals surface area contributed by atoms with Crippen LogP contribution in [0.4, 0.5) is 14.5 Å². The van der Waals surface area contributed by atoms with Crippen molar-refractivity contribution in [3.8, 4) is 0 Å². The summed E-state index contributed by atoms with van der Waals surface area (Å²) in [6.07, 6.45) is -3.56. The van der Waals surface area contributed by atoms with Gasteiger partial charge in [-0.25, -0.2) is 9.07 Å². The normalized spacial score (nSPS) is 38.5. The highest BCUT2D eigenvalue weighted by Crippen LogP contribution is 2.42. The minimum Gasteiger partial charge on any atom is -0.459 e. The number of halogens is 2. The molecule has 0 saturated carbocycles. The van der Waals surface area contributed by atoms with Crippen LogP contribution in [0.15, 0.2) is 41.7 Å². The van der Waals surface area contributed by atoms with Gasteiger partial charge in [0.05, 0.1) is 71.9 Å². The second-order valence-electron chi connectivity index (χ2n) is 21.4. The van der Waals surface area contributed by atoms with E-state index in [0.717, 1.165) is 5.69 Å². The summed E-state index contributed by atoms with van der Waals surface area (Å²) in [5.74, 6) is -4.36. The predicted molar refractivity (Wildman–Crippen MR) is 273 cm³/mol. The van der Waals surface area contributed by atoms with Crippen LogP contribution in [0.1, 0.15) is 107 Å². The van der Waals surface area contributed by atoms with E-state index in [1.54, 1.807) is 57.6 Å². The first-order valence-corrected chi connectivity index (χ1v) is 26.1. The molecule has 2 aromatic rings. The average Bonchev–Trinajstić information content (AvgIpc) is 3.83. The summed E-state index contributed by atoms with van der Waals surface area (Å²) in [6.45, 7) is 17.7. The lowest BCUT2D eigenvalue weighted by atomic mass is 9.73. The molecule has 74 heavy (non-hydrogen) atoms. The number of aliphatic hydroxyl groups is 4. The number of carbonyl (C=O) groups is 1. The van der Waals surface area contributed by atoms with E-state index in [0.29, 0.717) is 37.3 Å². The van der Waals surface area contributed by atoms with E-state index < -0.39 is 114 Å². The number of methoxy groups -OCH3 is 2. The number of anilines is 1. The number of benzene rings is 1. The summed E-state index contributed by atoms with van der Waals surface area (Å²) < 4.78 is 73.7. The minimum absolute atomic E-state index is 0.0378. The van der Waals surface area contributed by atoms with Crippen molar-refractivity contribution in [2.24, 2.45) is 28.8 Å².